The van der Waals surface area contributed by atoms with Gasteiger partial charge in [-0.25, -0.2) is 4.98 Å². The fraction of sp³-hybridized carbons (Fsp3) is 0.231. The van der Waals surface area contributed by atoms with Crippen LogP contribution in [0, 0.1) is 0 Å². The number of ether oxygens (including phenoxy) is 1. The van der Waals surface area contributed by atoms with Crippen LogP contribution in [-0.4, -0.2) is 26.7 Å². The van der Waals surface area contributed by atoms with Crippen LogP contribution in [0.15, 0.2) is 82.3 Å². The summed E-state index contributed by atoms with van der Waals surface area (Å²) in [6.45, 7) is 2.18. The van der Waals surface area contributed by atoms with Crippen molar-refractivity contribution in [1.82, 2.24) is 9.55 Å². The standard InChI is InChI=1S/C26H26ClN3O3S2/c1-17(31)22(30-14-21(26(28)32)29-16-30)11-8-19-4-2-3-5-23(19)33-15-18-6-9-20(10-7-18)34-25-13-12-24(27)35-25/h2-7,9-10,12-14,16-17,22,31H,8,11,15H2,1H3,(H2,28,32)/t17-,22+/m0/s1. The number of aryl methyl sites for hydroxylation is 1. The number of carbonyl (C=O) groups is 1. The fourth-order valence-corrected chi connectivity index (χ4v) is 6.00. The van der Waals surface area contributed by atoms with Gasteiger partial charge in [0, 0.05) is 11.1 Å². The lowest BCUT2D eigenvalue weighted by Crippen LogP contribution is -2.21. The molecule has 0 aliphatic heterocycles. The van der Waals surface area contributed by atoms with Gasteiger partial charge < -0.3 is 20.1 Å². The average molecular weight is 528 g/mol. The third-order valence-electron chi connectivity index (χ3n) is 5.56. The van der Waals surface area contributed by atoms with E-state index in [2.05, 4.69) is 29.2 Å². The molecule has 0 aliphatic rings. The van der Waals surface area contributed by atoms with E-state index >= 15 is 0 Å². The largest absolute Gasteiger partial charge is 0.489 e. The molecule has 0 bridgehead atoms. The first-order valence-electron chi connectivity index (χ1n) is 11.1. The third kappa shape index (κ3) is 6.89. The number of aliphatic hydroxyl groups excluding tert-OH is 1. The summed E-state index contributed by atoms with van der Waals surface area (Å²) in [5.74, 6) is 0.223. The summed E-state index contributed by atoms with van der Waals surface area (Å²) >= 11 is 9.27. The van der Waals surface area contributed by atoms with Crippen molar-refractivity contribution in [3.8, 4) is 5.75 Å². The molecule has 2 aromatic carbocycles. The first kappa shape index (κ1) is 25.3. The van der Waals surface area contributed by atoms with E-state index in [1.54, 1.807) is 40.8 Å². The summed E-state index contributed by atoms with van der Waals surface area (Å²) < 4.78 is 9.85. The van der Waals surface area contributed by atoms with Gasteiger partial charge in [0.15, 0.2) is 0 Å². The van der Waals surface area contributed by atoms with Crippen LogP contribution in [0.4, 0.5) is 0 Å². The molecule has 0 saturated heterocycles. The second kappa shape index (κ2) is 11.8. The van der Waals surface area contributed by atoms with Crippen LogP contribution in [0.2, 0.25) is 4.34 Å². The van der Waals surface area contributed by atoms with E-state index in [4.69, 9.17) is 22.1 Å². The fourth-order valence-electron chi connectivity index (χ4n) is 3.72. The minimum Gasteiger partial charge on any atom is -0.489 e. The molecule has 0 saturated carbocycles. The zero-order valence-electron chi connectivity index (χ0n) is 19.1. The van der Waals surface area contributed by atoms with Crippen molar-refractivity contribution in [2.45, 2.75) is 47.6 Å². The Kier molecular flexibility index (Phi) is 8.51. The second-order valence-corrected chi connectivity index (χ2v) is 11.2. The van der Waals surface area contributed by atoms with E-state index < -0.39 is 12.0 Å². The number of thiophene rings is 1. The molecular formula is C26H26ClN3O3S2. The van der Waals surface area contributed by atoms with Gasteiger partial charge in [0.05, 0.1) is 27.0 Å². The van der Waals surface area contributed by atoms with E-state index in [0.717, 1.165) is 30.3 Å². The topological polar surface area (TPSA) is 90.4 Å². The van der Waals surface area contributed by atoms with Crippen LogP contribution in [-0.2, 0) is 13.0 Å². The molecule has 0 spiro atoms. The van der Waals surface area contributed by atoms with E-state index in [9.17, 15) is 9.90 Å². The summed E-state index contributed by atoms with van der Waals surface area (Å²) in [4.78, 5) is 16.6. The highest BCUT2D eigenvalue weighted by Crippen LogP contribution is 2.35. The summed E-state index contributed by atoms with van der Waals surface area (Å²) in [7, 11) is 0. The van der Waals surface area contributed by atoms with E-state index in [0.29, 0.717) is 19.4 Å². The summed E-state index contributed by atoms with van der Waals surface area (Å²) in [6, 6.07) is 19.9. The average Bonchev–Trinajstić information content (AvgIpc) is 3.49. The molecule has 0 aliphatic carbocycles. The smallest absolute Gasteiger partial charge is 0.268 e. The van der Waals surface area contributed by atoms with Crippen molar-refractivity contribution >= 4 is 40.6 Å². The molecule has 4 aromatic rings. The number of hydrogen-bond acceptors (Lipinski definition) is 6. The van der Waals surface area contributed by atoms with Crippen molar-refractivity contribution in [2.75, 3.05) is 0 Å². The number of amides is 1. The van der Waals surface area contributed by atoms with Crippen molar-refractivity contribution in [3.05, 3.63) is 94.3 Å². The Morgan fingerprint density at radius 2 is 1.97 bits per heavy atom. The number of nitrogens with two attached hydrogens (primary N) is 1. The lowest BCUT2D eigenvalue weighted by atomic mass is 10.0. The van der Waals surface area contributed by atoms with E-state index in [1.807, 2.05) is 36.4 Å². The number of para-hydroxylation sites is 1. The zero-order chi connectivity index (χ0) is 24.8. The molecule has 0 unspecified atom stereocenters. The maximum absolute atomic E-state index is 11.4. The van der Waals surface area contributed by atoms with Crippen molar-refractivity contribution in [3.63, 3.8) is 0 Å². The lowest BCUT2D eigenvalue weighted by Gasteiger charge is -2.22. The van der Waals surface area contributed by atoms with Crippen LogP contribution in [0.1, 0.15) is 41.0 Å². The number of halogens is 1. The number of benzene rings is 2. The number of hydrogen-bond donors (Lipinski definition) is 2. The molecule has 6 nitrogen and oxygen atoms in total. The highest BCUT2D eigenvalue weighted by atomic mass is 35.5. The van der Waals surface area contributed by atoms with Gasteiger partial charge in [0.1, 0.15) is 18.1 Å². The first-order chi connectivity index (χ1) is 16.9. The predicted molar refractivity (Wildman–Crippen MR) is 140 cm³/mol. The Hall–Kier alpha value is -2.78. The normalized spacial score (nSPS) is 12.9. The molecule has 2 heterocycles. The van der Waals surface area contributed by atoms with Crippen LogP contribution < -0.4 is 10.5 Å². The van der Waals surface area contributed by atoms with Crippen LogP contribution in [0.3, 0.4) is 0 Å². The van der Waals surface area contributed by atoms with Crippen LogP contribution >= 0.6 is 34.7 Å². The van der Waals surface area contributed by atoms with Gasteiger partial charge in [0.2, 0.25) is 0 Å². The van der Waals surface area contributed by atoms with E-state index in [-0.39, 0.29) is 11.7 Å². The van der Waals surface area contributed by atoms with Crippen molar-refractivity contribution in [1.29, 1.82) is 0 Å². The van der Waals surface area contributed by atoms with Crippen molar-refractivity contribution in [2.24, 2.45) is 5.73 Å². The number of rotatable bonds is 11. The van der Waals surface area contributed by atoms with Gasteiger partial charge in [-0.3, -0.25) is 4.79 Å². The van der Waals surface area contributed by atoms with Gasteiger partial charge in [-0.15, -0.1) is 11.3 Å². The molecule has 0 fully saturated rings. The molecule has 0 radical (unpaired) electrons. The molecule has 2 aromatic heterocycles. The third-order valence-corrected chi connectivity index (χ3v) is 7.93. The highest BCUT2D eigenvalue weighted by molar-refractivity contribution is 8.01. The number of carbonyl (C=O) groups excluding carboxylic acids is 1. The van der Waals surface area contributed by atoms with Gasteiger partial charge in [-0.05, 0) is 61.2 Å². The minimum atomic E-state index is -0.625. The Balaban J connectivity index is 1.37. The Morgan fingerprint density at radius 3 is 2.63 bits per heavy atom. The SMILES string of the molecule is C[C@H](O)[C@@H](CCc1ccccc1OCc1ccc(Sc2ccc(Cl)s2)cc1)n1cnc(C(N)=O)c1. The maximum atomic E-state index is 11.4. The molecular weight excluding hydrogens is 502 g/mol. The minimum absolute atomic E-state index is 0.183. The van der Waals surface area contributed by atoms with E-state index in [1.165, 1.54) is 6.33 Å². The number of nitrogens with zero attached hydrogens (tertiary/aromatic N) is 2. The number of aliphatic hydroxyl groups is 1. The van der Waals surface area contributed by atoms with Gasteiger partial charge in [0.25, 0.3) is 5.91 Å². The van der Waals surface area contributed by atoms with Crippen molar-refractivity contribution < 1.29 is 14.6 Å². The molecule has 2 atom stereocenters. The monoisotopic (exact) mass is 527 g/mol. The van der Waals surface area contributed by atoms with Crippen LogP contribution in [0.25, 0.3) is 0 Å². The lowest BCUT2D eigenvalue weighted by molar-refractivity contribution is 0.0994. The van der Waals surface area contributed by atoms with Gasteiger partial charge in [-0.1, -0.05) is 53.7 Å². The first-order valence-corrected chi connectivity index (χ1v) is 13.1. The number of primary amides is 1. The molecule has 4 rings (SSSR count). The molecule has 35 heavy (non-hydrogen) atoms. The molecule has 1 amide bonds. The zero-order valence-corrected chi connectivity index (χ0v) is 21.5. The second-order valence-electron chi connectivity index (χ2n) is 8.12. The number of imidazole rings is 1. The Labute approximate surface area is 217 Å². The quantitative estimate of drug-likeness (QED) is 0.250. The highest BCUT2D eigenvalue weighted by Gasteiger charge is 2.19. The molecule has 9 heteroatoms. The summed E-state index contributed by atoms with van der Waals surface area (Å²) in [5, 5.41) is 10.3. The summed E-state index contributed by atoms with van der Waals surface area (Å²) in [5.41, 5.74) is 7.62. The Bertz CT molecular complexity index is 1270. The molecule has 182 valence electrons. The van der Waals surface area contributed by atoms with Gasteiger partial charge in [-0.2, -0.15) is 0 Å². The predicted octanol–water partition coefficient (Wildman–Crippen LogP) is 5.98. The van der Waals surface area contributed by atoms with Gasteiger partial charge >= 0.3 is 0 Å². The molecule has 3 N–H and O–H groups in total. The maximum Gasteiger partial charge on any atom is 0.268 e. The Morgan fingerprint density at radius 1 is 1.20 bits per heavy atom. The van der Waals surface area contributed by atoms with Crippen LogP contribution in [0.5, 0.6) is 5.75 Å². The summed E-state index contributed by atoms with van der Waals surface area (Å²) in [6.07, 6.45) is 3.83. The number of aromatic nitrogens is 2.